The lowest BCUT2D eigenvalue weighted by molar-refractivity contribution is -0.384. The molecule has 0 fully saturated rings. The summed E-state index contributed by atoms with van der Waals surface area (Å²) >= 11 is 0. The van der Waals surface area contributed by atoms with E-state index in [1.165, 1.54) is 12.1 Å². The Kier molecular flexibility index (Phi) is 6.78. The zero-order chi connectivity index (χ0) is 18.9. The number of benzene rings is 2. The Morgan fingerprint density at radius 1 is 1.19 bits per heavy atom. The second kappa shape index (κ2) is 9.26. The molecule has 2 aromatic carbocycles. The average Bonchev–Trinajstić information content (AvgIpc) is 2.66. The molecule has 2 rings (SSSR count). The molecule has 0 spiro atoms. The van der Waals surface area contributed by atoms with Crippen molar-refractivity contribution >= 4 is 17.3 Å². The number of nitrogens with one attached hydrogen (secondary N) is 2. The van der Waals surface area contributed by atoms with Gasteiger partial charge in [0.25, 0.3) is 5.69 Å². The third-order valence-corrected chi connectivity index (χ3v) is 3.56. The second-order valence-corrected chi connectivity index (χ2v) is 5.27. The summed E-state index contributed by atoms with van der Waals surface area (Å²) in [5, 5.41) is 17.0. The highest BCUT2D eigenvalue weighted by molar-refractivity contribution is 5.93. The molecule has 26 heavy (non-hydrogen) atoms. The summed E-state index contributed by atoms with van der Waals surface area (Å²) in [6.45, 7) is 2.92. The van der Waals surface area contributed by atoms with Gasteiger partial charge in [-0.3, -0.25) is 15.1 Å². The molecular weight excluding hydrogens is 336 g/mol. The van der Waals surface area contributed by atoms with E-state index in [0.717, 1.165) is 11.3 Å². The number of rotatable bonds is 7. The molecule has 0 amide bonds. The molecule has 0 aliphatic heterocycles. The zero-order valence-electron chi connectivity index (χ0n) is 15.0. The van der Waals surface area contributed by atoms with Gasteiger partial charge in [-0.1, -0.05) is 12.1 Å². The maximum Gasteiger partial charge on any atom is 0.269 e. The fraction of sp³-hybridized carbons (Fsp3) is 0.278. The minimum absolute atomic E-state index is 0.0675. The monoisotopic (exact) mass is 358 g/mol. The first-order valence-corrected chi connectivity index (χ1v) is 8.09. The number of non-ortho nitro benzene ring substituents is 1. The predicted molar refractivity (Wildman–Crippen MR) is 101 cm³/mol. The largest absolute Gasteiger partial charge is 0.493 e. The third kappa shape index (κ3) is 5.10. The minimum Gasteiger partial charge on any atom is -0.493 e. The van der Waals surface area contributed by atoms with Crippen molar-refractivity contribution < 1.29 is 14.4 Å². The molecule has 8 nitrogen and oxygen atoms in total. The normalized spacial score (nSPS) is 11.0. The highest BCUT2D eigenvalue weighted by Gasteiger charge is 2.08. The molecule has 138 valence electrons. The fourth-order valence-electron chi connectivity index (χ4n) is 2.26. The predicted octanol–water partition coefficient (Wildman–Crippen LogP) is 3.19. The molecule has 0 saturated heterocycles. The van der Waals surface area contributed by atoms with Gasteiger partial charge in [0.15, 0.2) is 17.5 Å². The molecule has 0 atom stereocenters. The van der Waals surface area contributed by atoms with Gasteiger partial charge in [-0.05, 0) is 24.6 Å². The first-order valence-electron chi connectivity index (χ1n) is 8.09. The van der Waals surface area contributed by atoms with Crippen LogP contribution >= 0.6 is 0 Å². The lowest BCUT2D eigenvalue weighted by Gasteiger charge is -2.14. The van der Waals surface area contributed by atoms with Crippen molar-refractivity contribution in [3.8, 4) is 11.5 Å². The number of methoxy groups -OCH3 is 1. The van der Waals surface area contributed by atoms with Gasteiger partial charge in [-0.2, -0.15) is 0 Å². The van der Waals surface area contributed by atoms with Crippen LogP contribution in [0.25, 0.3) is 0 Å². The Bertz CT molecular complexity index is 775. The zero-order valence-corrected chi connectivity index (χ0v) is 15.0. The van der Waals surface area contributed by atoms with Crippen molar-refractivity contribution in [2.45, 2.75) is 13.5 Å². The average molecular weight is 358 g/mol. The van der Waals surface area contributed by atoms with Gasteiger partial charge >= 0.3 is 0 Å². The van der Waals surface area contributed by atoms with E-state index < -0.39 is 4.92 Å². The van der Waals surface area contributed by atoms with Gasteiger partial charge in [-0.15, -0.1) is 0 Å². The van der Waals surface area contributed by atoms with Crippen molar-refractivity contribution in [1.82, 2.24) is 5.32 Å². The number of nitro benzene ring substituents is 1. The molecule has 0 aromatic heterocycles. The standard InChI is InChI=1S/C18H22N4O4/c1-4-26-17-11-14(7-10-16(17)25-3)21-18(19-2)20-12-13-5-8-15(9-6-13)22(23)24/h5-11H,4,12H2,1-3H3,(H2,19,20,21). The third-order valence-electron chi connectivity index (χ3n) is 3.56. The summed E-state index contributed by atoms with van der Waals surface area (Å²) in [6, 6.07) is 11.9. The summed E-state index contributed by atoms with van der Waals surface area (Å²) in [7, 11) is 3.26. The number of hydrogen-bond acceptors (Lipinski definition) is 5. The van der Waals surface area contributed by atoms with E-state index in [-0.39, 0.29) is 5.69 Å². The van der Waals surface area contributed by atoms with Crippen LogP contribution in [-0.4, -0.2) is 31.6 Å². The second-order valence-electron chi connectivity index (χ2n) is 5.27. The number of nitrogens with zero attached hydrogens (tertiary/aromatic N) is 2. The molecule has 0 saturated carbocycles. The molecule has 2 aromatic rings. The van der Waals surface area contributed by atoms with E-state index in [1.807, 2.05) is 25.1 Å². The van der Waals surface area contributed by atoms with Crippen molar-refractivity contribution in [2.24, 2.45) is 4.99 Å². The van der Waals surface area contributed by atoms with Crippen molar-refractivity contribution in [1.29, 1.82) is 0 Å². The van der Waals surface area contributed by atoms with Gasteiger partial charge < -0.3 is 20.1 Å². The van der Waals surface area contributed by atoms with Crippen LogP contribution in [0.1, 0.15) is 12.5 Å². The van der Waals surface area contributed by atoms with Gasteiger partial charge in [-0.25, -0.2) is 0 Å². The quantitative estimate of drug-likeness (QED) is 0.341. The van der Waals surface area contributed by atoms with Crippen LogP contribution in [0.5, 0.6) is 11.5 Å². The summed E-state index contributed by atoms with van der Waals surface area (Å²) < 4.78 is 10.8. The van der Waals surface area contributed by atoms with Crippen molar-refractivity contribution in [2.75, 3.05) is 26.1 Å². The van der Waals surface area contributed by atoms with E-state index in [2.05, 4.69) is 15.6 Å². The number of aliphatic imine (C=N–C) groups is 1. The molecule has 0 aliphatic rings. The van der Waals surface area contributed by atoms with E-state index in [9.17, 15) is 10.1 Å². The van der Waals surface area contributed by atoms with Gasteiger partial charge in [0.05, 0.1) is 18.6 Å². The van der Waals surface area contributed by atoms with Crippen LogP contribution in [0.3, 0.4) is 0 Å². The summed E-state index contributed by atoms with van der Waals surface area (Å²) in [5.74, 6) is 1.87. The van der Waals surface area contributed by atoms with Crippen LogP contribution in [0, 0.1) is 10.1 Å². The minimum atomic E-state index is -0.419. The van der Waals surface area contributed by atoms with Gasteiger partial charge in [0.1, 0.15) is 0 Å². The molecule has 8 heteroatoms. The Morgan fingerprint density at radius 2 is 1.92 bits per heavy atom. The first kappa shape index (κ1) is 19.0. The molecular formula is C18H22N4O4. The Labute approximate surface area is 152 Å². The lowest BCUT2D eigenvalue weighted by atomic mass is 10.2. The topological polar surface area (TPSA) is 98.0 Å². The molecule has 2 N–H and O–H groups in total. The maximum atomic E-state index is 10.7. The highest BCUT2D eigenvalue weighted by atomic mass is 16.6. The number of anilines is 1. The summed E-state index contributed by atoms with van der Waals surface area (Å²) in [5.41, 5.74) is 1.77. The Morgan fingerprint density at radius 3 is 2.50 bits per heavy atom. The number of hydrogen-bond donors (Lipinski definition) is 2. The Balaban J connectivity index is 2.01. The lowest BCUT2D eigenvalue weighted by Crippen LogP contribution is -2.30. The molecule has 0 unspecified atom stereocenters. The van der Waals surface area contributed by atoms with Crippen molar-refractivity contribution in [3.63, 3.8) is 0 Å². The van der Waals surface area contributed by atoms with Crippen LogP contribution < -0.4 is 20.1 Å². The molecule has 0 heterocycles. The van der Waals surface area contributed by atoms with Crippen LogP contribution in [0.2, 0.25) is 0 Å². The molecule has 0 aliphatic carbocycles. The smallest absolute Gasteiger partial charge is 0.269 e. The maximum absolute atomic E-state index is 10.7. The number of ether oxygens (including phenoxy) is 2. The van der Waals surface area contributed by atoms with Gasteiger partial charge in [0.2, 0.25) is 0 Å². The number of guanidine groups is 1. The van der Waals surface area contributed by atoms with E-state index in [4.69, 9.17) is 9.47 Å². The highest BCUT2D eigenvalue weighted by Crippen LogP contribution is 2.30. The fourth-order valence-corrected chi connectivity index (χ4v) is 2.26. The van der Waals surface area contributed by atoms with E-state index >= 15 is 0 Å². The summed E-state index contributed by atoms with van der Waals surface area (Å²) in [6.07, 6.45) is 0. The SMILES string of the molecule is CCOc1cc(NC(=NC)NCc2ccc([N+](=O)[O-])cc2)ccc1OC. The molecule has 0 radical (unpaired) electrons. The first-order chi connectivity index (χ1) is 12.6. The van der Waals surface area contributed by atoms with Crippen LogP contribution in [0.15, 0.2) is 47.5 Å². The van der Waals surface area contributed by atoms with Crippen molar-refractivity contribution in [3.05, 3.63) is 58.1 Å². The summed E-state index contributed by atoms with van der Waals surface area (Å²) in [4.78, 5) is 14.4. The Hall–Kier alpha value is -3.29. The van der Waals surface area contributed by atoms with E-state index in [0.29, 0.717) is 30.6 Å². The molecule has 0 bridgehead atoms. The van der Waals surface area contributed by atoms with E-state index in [1.54, 1.807) is 26.3 Å². The van der Waals surface area contributed by atoms with Crippen LogP contribution in [0.4, 0.5) is 11.4 Å². The number of nitro groups is 1. The van der Waals surface area contributed by atoms with Crippen LogP contribution in [-0.2, 0) is 6.54 Å². The van der Waals surface area contributed by atoms with Gasteiger partial charge in [0, 0.05) is 37.5 Å².